The molecule has 276 valence electrons. The van der Waals surface area contributed by atoms with Crippen LogP contribution in [0.1, 0.15) is 0 Å². The molecule has 0 aliphatic carbocycles. The third kappa shape index (κ3) is 5.16. The van der Waals surface area contributed by atoms with Crippen molar-refractivity contribution >= 4 is 121 Å². The van der Waals surface area contributed by atoms with E-state index in [-0.39, 0.29) is 0 Å². The largest absolute Gasteiger partial charge is 0.436 e. The van der Waals surface area contributed by atoms with E-state index >= 15 is 0 Å². The molecule has 0 radical (unpaired) electrons. The summed E-state index contributed by atoms with van der Waals surface area (Å²) in [4.78, 5) is 14.4. The molecule has 0 saturated carbocycles. The van der Waals surface area contributed by atoms with Crippen LogP contribution >= 0.6 is 46.2 Å². The normalized spacial score (nSPS) is 13.1. The van der Waals surface area contributed by atoms with E-state index in [9.17, 15) is 0 Å². The molecule has 2 aliphatic rings. The van der Waals surface area contributed by atoms with Gasteiger partial charge < -0.3 is 14.2 Å². The van der Waals surface area contributed by atoms with Gasteiger partial charge >= 0.3 is 0 Å². The van der Waals surface area contributed by atoms with Crippen molar-refractivity contribution in [3.05, 3.63) is 176 Å². The van der Waals surface area contributed by atoms with Crippen LogP contribution in [0.3, 0.4) is 0 Å². The zero-order chi connectivity index (χ0) is 38.6. The molecule has 59 heavy (non-hydrogen) atoms. The maximum absolute atomic E-state index is 6.46. The first-order valence-corrected chi connectivity index (χ1v) is 22.5. The fraction of sp³-hybridized carbons (Fsp3) is 0. The molecular formula is C51H27N3OS4. The van der Waals surface area contributed by atoms with E-state index < -0.39 is 0 Å². The summed E-state index contributed by atoms with van der Waals surface area (Å²) < 4.78 is 11.7. The lowest BCUT2D eigenvalue weighted by Gasteiger charge is -2.33. The standard InChI is InChI=1S/C51H27N3OS4/c1-5-13-41-34(9-1)47-45(56-41)27-25-38-49(47)58-43-15-7-3-11-36(43)53(38)32-21-17-30(18-22-32)40-29-52-51(55-40)31-19-23-33(24-20-31)54-37-12-4-8-16-44(37)59-50-39(54)26-28-46-48(50)35-10-2-6-14-42(35)57-46/h1-3,5-11,13-29H. The van der Waals surface area contributed by atoms with Gasteiger partial charge in [0.1, 0.15) is 5.69 Å². The van der Waals surface area contributed by atoms with E-state index in [2.05, 4.69) is 174 Å². The monoisotopic (exact) mass is 825 g/mol. The van der Waals surface area contributed by atoms with E-state index in [1.807, 2.05) is 58.5 Å². The van der Waals surface area contributed by atoms with Gasteiger partial charge in [0.05, 0.1) is 23.3 Å². The molecule has 3 aromatic heterocycles. The van der Waals surface area contributed by atoms with E-state index in [0.29, 0.717) is 5.89 Å². The minimum atomic E-state index is 0.583. The maximum atomic E-state index is 6.46. The van der Waals surface area contributed by atoms with E-state index in [4.69, 9.17) is 9.40 Å². The van der Waals surface area contributed by atoms with Gasteiger partial charge in [-0.3, -0.25) is 0 Å². The van der Waals surface area contributed by atoms with E-state index in [0.717, 1.165) is 44.5 Å². The number of hydrogen-bond acceptors (Lipinski definition) is 8. The smallest absolute Gasteiger partial charge is 0.226 e. The summed E-state index contributed by atoms with van der Waals surface area (Å²) in [6, 6.07) is 63.0. The Labute approximate surface area is 356 Å². The van der Waals surface area contributed by atoms with Crippen molar-refractivity contribution in [2.24, 2.45) is 0 Å². The highest BCUT2D eigenvalue weighted by Crippen LogP contribution is 2.57. The van der Waals surface area contributed by atoms with Crippen LogP contribution in [0.4, 0.5) is 34.1 Å². The van der Waals surface area contributed by atoms with Gasteiger partial charge in [0.25, 0.3) is 0 Å². The van der Waals surface area contributed by atoms with Gasteiger partial charge in [-0.15, -0.1) is 22.7 Å². The lowest BCUT2D eigenvalue weighted by atomic mass is 10.1. The predicted molar refractivity (Wildman–Crippen MR) is 248 cm³/mol. The minimum Gasteiger partial charge on any atom is -0.436 e. The Kier molecular flexibility index (Phi) is 7.39. The van der Waals surface area contributed by atoms with E-state index in [1.54, 1.807) is 0 Å². The van der Waals surface area contributed by atoms with Gasteiger partial charge in [-0.05, 0) is 115 Å². The van der Waals surface area contributed by atoms with Crippen LogP contribution < -0.4 is 9.80 Å². The van der Waals surface area contributed by atoms with Crippen molar-refractivity contribution in [3.8, 4) is 22.8 Å². The number of anilines is 6. The van der Waals surface area contributed by atoms with Gasteiger partial charge in [-0.2, -0.15) is 0 Å². The average Bonchev–Trinajstić information content (AvgIpc) is 4.04. The Hall–Kier alpha value is -6.47. The summed E-state index contributed by atoms with van der Waals surface area (Å²) in [5, 5.41) is 5.26. The second-order valence-electron chi connectivity index (χ2n) is 14.6. The number of aromatic nitrogens is 1. The van der Waals surface area contributed by atoms with Gasteiger partial charge in [0, 0.05) is 82.4 Å². The lowest BCUT2D eigenvalue weighted by molar-refractivity contribution is 0.589. The van der Waals surface area contributed by atoms with Crippen LogP contribution in [0.25, 0.3) is 63.1 Å². The fourth-order valence-corrected chi connectivity index (χ4v) is 13.3. The zero-order valence-corrected chi connectivity index (χ0v) is 34.2. The molecule has 5 heterocycles. The molecule has 0 spiro atoms. The molecule has 8 heteroatoms. The molecule has 11 aromatic rings. The molecule has 0 atom stereocenters. The summed E-state index contributed by atoms with van der Waals surface area (Å²) in [5.74, 6) is 1.31. The second kappa shape index (κ2) is 13.0. The predicted octanol–water partition coefficient (Wildman–Crippen LogP) is 16.2. The number of para-hydroxylation sites is 1. The van der Waals surface area contributed by atoms with Crippen LogP contribution in [0.2, 0.25) is 0 Å². The third-order valence-electron chi connectivity index (χ3n) is 11.2. The van der Waals surface area contributed by atoms with Crippen LogP contribution in [-0.4, -0.2) is 4.98 Å². The van der Waals surface area contributed by atoms with Crippen LogP contribution in [0.5, 0.6) is 0 Å². The van der Waals surface area contributed by atoms with Crippen molar-refractivity contribution in [3.63, 3.8) is 0 Å². The van der Waals surface area contributed by atoms with Gasteiger partial charge in [-0.1, -0.05) is 78.1 Å². The minimum absolute atomic E-state index is 0.583. The lowest BCUT2D eigenvalue weighted by Crippen LogP contribution is -2.14. The quantitative estimate of drug-likeness (QED) is 0.176. The highest BCUT2D eigenvalue weighted by molar-refractivity contribution is 8.00. The highest BCUT2D eigenvalue weighted by atomic mass is 32.2. The fourth-order valence-electron chi connectivity index (χ4n) is 8.54. The van der Waals surface area contributed by atoms with Gasteiger partial charge in [0.15, 0.2) is 5.76 Å². The molecule has 2 aliphatic heterocycles. The second-order valence-corrected chi connectivity index (χ2v) is 18.8. The van der Waals surface area contributed by atoms with Crippen molar-refractivity contribution < 1.29 is 4.42 Å². The number of oxazole rings is 1. The molecule has 0 saturated heterocycles. The van der Waals surface area contributed by atoms with Crippen LogP contribution in [-0.2, 0) is 0 Å². The van der Waals surface area contributed by atoms with Crippen molar-refractivity contribution in [2.45, 2.75) is 19.6 Å². The Balaban J connectivity index is 0.830. The van der Waals surface area contributed by atoms with Gasteiger partial charge in [0.2, 0.25) is 5.89 Å². The number of fused-ring (bicyclic) bond motifs is 12. The Bertz CT molecular complexity index is 3240. The Morgan fingerprint density at radius 1 is 0.492 bits per heavy atom. The molecular weight excluding hydrogens is 799 g/mol. The topological polar surface area (TPSA) is 32.5 Å². The van der Waals surface area contributed by atoms with Crippen LogP contribution in [0, 0.1) is 12.1 Å². The third-order valence-corrected chi connectivity index (χ3v) is 15.8. The summed E-state index contributed by atoms with van der Waals surface area (Å²) in [5.41, 5.74) is 8.55. The van der Waals surface area contributed by atoms with Crippen molar-refractivity contribution in [1.29, 1.82) is 0 Å². The molecule has 0 amide bonds. The zero-order valence-electron chi connectivity index (χ0n) is 31.0. The number of nitrogens with zero attached hydrogens (tertiary/aromatic N) is 3. The SMILES string of the molecule is c1ccc2c(c#1)N(c1ccc(-c3ncc(-c4ccc(N5c6ccccc6Sc6c5ccc5sc7ccccc7c65)cc4)o3)cc1)c1ccc3sc4ccccc4c3c1S2. The van der Waals surface area contributed by atoms with Gasteiger partial charge in [-0.25, -0.2) is 4.98 Å². The highest BCUT2D eigenvalue weighted by Gasteiger charge is 2.29. The first-order chi connectivity index (χ1) is 29.2. The Morgan fingerprint density at radius 3 is 1.80 bits per heavy atom. The summed E-state index contributed by atoms with van der Waals surface area (Å²) in [6.07, 6.45) is 1.83. The molecule has 13 rings (SSSR count). The maximum Gasteiger partial charge on any atom is 0.226 e. The summed E-state index contributed by atoms with van der Waals surface area (Å²) in [7, 11) is 0. The summed E-state index contributed by atoms with van der Waals surface area (Å²) in [6.45, 7) is 0. The molecule has 0 bridgehead atoms. The number of benzene rings is 7. The van der Waals surface area contributed by atoms with E-state index in [1.165, 1.54) is 66.4 Å². The summed E-state index contributed by atoms with van der Waals surface area (Å²) >= 11 is 7.40. The Morgan fingerprint density at radius 2 is 1.08 bits per heavy atom. The van der Waals surface area contributed by atoms with Crippen molar-refractivity contribution in [1.82, 2.24) is 4.98 Å². The number of hydrogen-bond donors (Lipinski definition) is 0. The molecule has 0 N–H and O–H groups in total. The number of thiophene rings is 2. The first-order valence-electron chi connectivity index (χ1n) is 19.3. The molecule has 0 unspecified atom stereocenters. The average molecular weight is 826 g/mol. The molecule has 8 aromatic carbocycles. The first kappa shape index (κ1) is 33.5. The van der Waals surface area contributed by atoms with Crippen LogP contribution in [0.15, 0.2) is 188 Å². The molecule has 0 fully saturated rings. The van der Waals surface area contributed by atoms with Crippen molar-refractivity contribution in [2.75, 3.05) is 9.80 Å². The molecule has 4 nitrogen and oxygen atoms in total. The number of rotatable bonds is 4.